The minimum absolute atomic E-state index is 0.0160. The first kappa shape index (κ1) is 20.1. The topological polar surface area (TPSA) is 93.5 Å². The van der Waals surface area contributed by atoms with E-state index in [9.17, 15) is 14.4 Å². The lowest BCUT2D eigenvalue weighted by Crippen LogP contribution is -2.31. The minimum Gasteiger partial charge on any atom is -0.448 e. The maximum absolute atomic E-state index is 12.6. The van der Waals surface area contributed by atoms with Crippen LogP contribution in [0.2, 0.25) is 0 Å². The van der Waals surface area contributed by atoms with Gasteiger partial charge in [-0.1, -0.05) is 18.2 Å². The Labute approximate surface area is 167 Å². The third-order valence-electron chi connectivity index (χ3n) is 4.45. The number of aromatic nitrogens is 2. The van der Waals surface area contributed by atoms with E-state index in [2.05, 4.69) is 10.4 Å². The fraction of sp³-hybridized carbons (Fsp3) is 0.238. The second-order valence-electron chi connectivity index (χ2n) is 6.80. The Hall–Kier alpha value is -3.68. The van der Waals surface area contributed by atoms with E-state index in [1.165, 1.54) is 14.0 Å². The van der Waals surface area contributed by atoms with E-state index in [0.29, 0.717) is 16.5 Å². The highest BCUT2D eigenvalue weighted by Crippen LogP contribution is 2.17. The number of fused-ring (bicyclic) bond motifs is 1. The monoisotopic (exact) mass is 394 g/mol. The Bertz CT molecular complexity index is 1120. The van der Waals surface area contributed by atoms with Gasteiger partial charge in [-0.3, -0.25) is 9.59 Å². The molecule has 0 fully saturated rings. The van der Waals surface area contributed by atoms with Crippen molar-refractivity contribution in [2.45, 2.75) is 13.0 Å². The Morgan fingerprint density at radius 2 is 1.69 bits per heavy atom. The molecular formula is C21H22N4O4. The van der Waals surface area contributed by atoms with Gasteiger partial charge in [-0.15, -0.1) is 0 Å². The van der Waals surface area contributed by atoms with Crippen LogP contribution in [-0.4, -0.2) is 41.9 Å². The highest BCUT2D eigenvalue weighted by molar-refractivity contribution is 6.03. The molecule has 3 rings (SSSR count). The third kappa shape index (κ3) is 4.26. The second kappa shape index (κ2) is 8.14. The number of nitrogens with one attached hydrogen (secondary N) is 1. The number of carbonyl (C=O) groups excluding carboxylic acids is 2. The SMILES string of the molecule is C[C@@H](OC(=O)c1nn(C)c(=O)c2ccccc12)C(=O)Nc1ccc(N(C)C)cc1. The average molecular weight is 394 g/mol. The van der Waals surface area contributed by atoms with Crippen LogP contribution >= 0.6 is 0 Å². The van der Waals surface area contributed by atoms with E-state index < -0.39 is 18.0 Å². The molecule has 3 aromatic rings. The first-order valence-electron chi connectivity index (χ1n) is 9.03. The van der Waals surface area contributed by atoms with Gasteiger partial charge in [0.1, 0.15) is 0 Å². The third-order valence-corrected chi connectivity index (χ3v) is 4.45. The number of hydrogen-bond acceptors (Lipinski definition) is 6. The van der Waals surface area contributed by atoms with Gasteiger partial charge in [0.05, 0.1) is 5.39 Å². The van der Waals surface area contributed by atoms with Crippen molar-refractivity contribution >= 4 is 34.0 Å². The minimum atomic E-state index is -1.05. The van der Waals surface area contributed by atoms with Crippen LogP contribution in [0.25, 0.3) is 10.8 Å². The summed E-state index contributed by atoms with van der Waals surface area (Å²) in [5.41, 5.74) is 1.26. The zero-order valence-electron chi connectivity index (χ0n) is 16.7. The molecule has 1 amide bonds. The first-order chi connectivity index (χ1) is 13.8. The molecule has 0 radical (unpaired) electrons. The van der Waals surface area contributed by atoms with Crippen molar-refractivity contribution in [3.8, 4) is 0 Å². The van der Waals surface area contributed by atoms with Gasteiger partial charge in [-0.05, 0) is 37.3 Å². The van der Waals surface area contributed by atoms with Crippen LogP contribution in [0.3, 0.4) is 0 Å². The number of hydrogen-bond donors (Lipinski definition) is 1. The van der Waals surface area contributed by atoms with Gasteiger partial charge in [-0.25, -0.2) is 9.48 Å². The predicted octanol–water partition coefficient (Wildman–Crippen LogP) is 2.18. The zero-order valence-corrected chi connectivity index (χ0v) is 16.7. The number of anilines is 2. The maximum Gasteiger partial charge on any atom is 0.360 e. The molecule has 0 saturated heterocycles. The number of carbonyl (C=O) groups is 2. The number of rotatable bonds is 5. The number of esters is 1. The molecule has 8 nitrogen and oxygen atoms in total. The standard InChI is InChI=1S/C21H22N4O4/c1-13(19(26)22-14-9-11-15(12-10-14)24(2)3)29-21(28)18-16-7-5-6-8-17(16)20(27)25(4)23-18/h5-13H,1-4H3,(H,22,26)/t13-/m1/s1. The molecule has 1 aromatic heterocycles. The molecule has 1 atom stereocenters. The van der Waals surface area contributed by atoms with Gasteiger partial charge in [0.2, 0.25) is 0 Å². The quantitative estimate of drug-likeness (QED) is 0.667. The molecular weight excluding hydrogens is 372 g/mol. The van der Waals surface area contributed by atoms with Crippen molar-refractivity contribution in [2.75, 3.05) is 24.3 Å². The molecule has 150 valence electrons. The molecule has 0 spiro atoms. The number of nitrogens with zero attached hydrogens (tertiary/aromatic N) is 3. The molecule has 29 heavy (non-hydrogen) atoms. The number of benzene rings is 2. The van der Waals surface area contributed by atoms with E-state index in [1.54, 1.807) is 36.4 Å². The lowest BCUT2D eigenvalue weighted by Gasteiger charge is -2.16. The van der Waals surface area contributed by atoms with Crippen LogP contribution in [0, 0.1) is 0 Å². The smallest absolute Gasteiger partial charge is 0.360 e. The van der Waals surface area contributed by atoms with Crippen LogP contribution in [0.1, 0.15) is 17.4 Å². The molecule has 0 aliphatic rings. The van der Waals surface area contributed by atoms with Gasteiger partial charge in [0, 0.05) is 37.9 Å². The first-order valence-corrected chi connectivity index (χ1v) is 9.03. The summed E-state index contributed by atoms with van der Waals surface area (Å²) in [6, 6.07) is 13.9. The molecule has 0 aliphatic heterocycles. The van der Waals surface area contributed by atoms with Crippen molar-refractivity contribution in [2.24, 2.45) is 7.05 Å². The van der Waals surface area contributed by atoms with Gasteiger partial charge >= 0.3 is 5.97 Å². The Morgan fingerprint density at radius 3 is 2.31 bits per heavy atom. The summed E-state index contributed by atoms with van der Waals surface area (Å²) < 4.78 is 6.38. The summed E-state index contributed by atoms with van der Waals surface area (Å²) in [6.45, 7) is 1.48. The molecule has 0 aliphatic carbocycles. The van der Waals surface area contributed by atoms with Gasteiger partial charge in [0.25, 0.3) is 11.5 Å². The number of ether oxygens (including phenoxy) is 1. The fourth-order valence-electron chi connectivity index (χ4n) is 2.81. The highest BCUT2D eigenvalue weighted by Gasteiger charge is 2.23. The number of aryl methyl sites for hydroxylation is 1. The maximum atomic E-state index is 12.6. The van der Waals surface area contributed by atoms with Crippen molar-refractivity contribution in [3.05, 3.63) is 64.6 Å². The molecule has 0 unspecified atom stereocenters. The summed E-state index contributed by atoms with van der Waals surface area (Å²) in [5, 5.41) is 7.47. The van der Waals surface area contributed by atoms with Crippen LogP contribution < -0.4 is 15.8 Å². The average Bonchev–Trinajstić information content (AvgIpc) is 2.71. The second-order valence-corrected chi connectivity index (χ2v) is 6.80. The summed E-state index contributed by atoms with van der Waals surface area (Å²) in [4.78, 5) is 39.2. The van der Waals surface area contributed by atoms with Crippen LogP contribution in [0.15, 0.2) is 53.3 Å². The zero-order chi connectivity index (χ0) is 21.1. The van der Waals surface area contributed by atoms with Crippen LogP contribution in [-0.2, 0) is 16.6 Å². The van der Waals surface area contributed by atoms with Gasteiger partial charge in [-0.2, -0.15) is 5.10 Å². The Kier molecular flexibility index (Phi) is 5.63. The van der Waals surface area contributed by atoms with Crippen molar-refractivity contribution < 1.29 is 14.3 Å². The molecule has 2 aromatic carbocycles. The van der Waals surface area contributed by atoms with Gasteiger partial charge < -0.3 is 15.0 Å². The molecule has 1 N–H and O–H groups in total. The largest absolute Gasteiger partial charge is 0.448 e. The Balaban J connectivity index is 1.75. The molecule has 0 bridgehead atoms. The van der Waals surface area contributed by atoms with Crippen LogP contribution in [0.4, 0.5) is 11.4 Å². The predicted molar refractivity (Wildman–Crippen MR) is 111 cm³/mol. The van der Waals surface area contributed by atoms with E-state index in [1.807, 2.05) is 31.1 Å². The summed E-state index contributed by atoms with van der Waals surface area (Å²) in [7, 11) is 5.30. The highest BCUT2D eigenvalue weighted by atomic mass is 16.5. The summed E-state index contributed by atoms with van der Waals surface area (Å²) in [5.74, 6) is -1.24. The van der Waals surface area contributed by atoms with E-state index in [-0.39, 0.29) is 11.3 Å². The lowest BCUT2D eigenvalue weighted by atomic mass is 10.1. The van der Waals surface area contributed by atoms with Crippen molar-refractivity contribution in [1.29, 1.82) is 0 Å². The van der Waals surface area contributed by atoms with E-state index in [0.717, 1.165) is 10.4 Å². The summed E-state index contributed by atoms with van der Waals surface area (Å²) in [6.07, 6.45) is -1.05. The molecule has 8 heteroatoms. The van der Waals surface area contributed by atoms with Crippen LogP contribution in [0.5, 0.6) is 0 Å². The van der Waals surface area contributed by atoms with Crippen molar-refractivity contribution in [1.82, 2.24) is 9.78 Å². The number of amides is 1. The molecule has 0 saturated carbocycles. The lowest BCUT2D eigenvalue weighted by molar-refractivity contribution is -0.123. The Morgan fingerprint density at radius 1 is 1.07 bits per heavy atom. The normalized spacial score (nSPS) is 11.7. The van der Waals surface area contributed by atoms with E-state index in [4.69, 9.17) is 4.74 Å². The van der Waals surface area contributed by atoms with Gasteiger partial charge in [0.15, 0.2) is 11.8 Å². The fourth-order valence-corrected chi connectivity index (χ4v) is 2.81. The summed E-state index contributed by atoms with van der Waals surface area (Å²) >= 11 is 0. The molecule has 1 heterocycles. The van der Waals surface area contributed by atoms with E-state index >= 15 is 0 Å². The van der Waals surface area contributed by atoms with Crippen molar-refractivity contribution in [3.63, 3.8) is 0 Å².